The third-order valence-corrected chi connectivity index (χ3v) is 1.91. The molecule has 0 aromatic heterocycles. The molecular formula is C6H15O6P. The Kier molecular flexibility index (Phi) is 5.71. The second kappa shape index (κ2) is 5.70. The van der Waals surface area contributed by atoms with Gasteiger partial charge in [-0.25, -0.2) is 4.57 Å². The van der Waals surface area contributed by atoms with E-state index >= 15 is 0 Å². The largest absolute Gasteiger partial charge is 0.472 e. The van der Waals surface area contributed by atoms with Crippen molar-refractivity contribution in [3.63, 3.8) is 0 Å². The Bertz CT molecular complexity index is 164. The first-order valence-corrected chi connectivity index (χ1v) is 5.31. The van der Waals surface area contributed by atoms with Crippen molar-refractivity contribution in [3.8, 4) is 0 Å². The summed E-state index contributed by atoms with van der Waals surface area (Å²) in [4.78, 5) is 8.90. The molecular weight excluding hydrogens is 199 g/mol. The van der Waals surface area contributed by atoms with Gasteiger partial charge in [-0.15, -0.1) is 0 Å². The molecule has 6 nitrogen and oxygen atoms in total. The zero-order valence-corrected chi connectivity index (χ0v) is 8.48. The van der Waals surface area contributed by atoms with Crippen LogP contribution in [0.3, 0.4) is 0 Å². The number of hydrogen-bond acceptors (Lipinski definition) is 5. The smallest absolute Gasteiger partial charge is 0.391 e. The fourth-order valence-electron chi connectivity index (χ4n) is 0.441. The number of phosphoric ester groups is 1. The lowest BCUT2D eigenvalue weighted by molar-refractivity contribution is 0.0591. The molecule has 0 saturated heterocycles. The van der Waals surface area contributed by atoms with Crippen LogP contribution >= 0.6 is 7.82 Å². The zero-order valence-electron chi connectivity index (χ0n) is 7.58. The van der Waals surface area contributed by atoms with E-state index in [2.05, 4.69) is 9.05 Å². The topological polar surface area (TPSA) is 96.2 Å². The summed E-state index contributed by atoms with van der Waals surface area (Å²) in [6.45, 7) is 2.25. The highest BCUT2D eigenvalue weighted by Crippen LogP contribution is 2.43. The van der Waals surface area contributed by atoms with Gasteiger partial charge in [-0.1, -0.05) is 0 Å². The van der Waals surface area contributed by atoms with E-state index in [0.29, 0.717) is 0 Å². The molecule has 0 heterocycles. The molecule has 0 amide bonds. The molecule has 80 valence electrons. The van der Waals surface area contributed by atoms with E-state index in [1.165, 1.54) is 13.8 Å². The lowest BCUT2D eigenvalue weighted by Crippen LogP contribution is -2.13. The Morgan fingerprint density at radius 1 is 1.15 bits per heavy atom. The highest BCUT2D eigenvalue weighted by atomic mass is 31.2. The predicted octanol–water partition coefficient (Wildman–Crippen LogP) is -0.118. The van der Waals surface area contributed by atoms with Gasteiger partial charge in [0, 0.05) is 0 Å². The molecule has 0 saturated carbocycles. The lowest BCUT2D eigenvalue weighted by Gasteiger charge is -2.13. The summed E-state index contributed by atoms with van der Waals surface area (Å²) in [5.74, 6) is 0. The van der Waals surface area contributed by atoms with Gasteiger partial charge in [0.05, 0.1) is 25.4 Å². The molecule has 0 aromatic carbocycles. The van der Waals surface area contributed by atoms with Crippen LogP contribution in [0.15, 0.2) is 0 Å². The normalized spacial score (nSPS) is 20.7. The van der Waals surface area contributed by atoms with E-state index in [4.69, 9.17) is 15.1 Å². The van der Waals surface area contributed by atoms with E-state index in [9.17, 15) is 4.57 Å². The summed E-state index contributed by atoms with van der Waals surface area (Å²) in [6, 6.07) is 0. The van der Waals surface area contributed by atoms with Gasteiger partial charge in [0.1, 0.15) is 0 Å². The maximum atomic E-state index is 10.9. The van der Waals surface area contributed by atoms with Gasteiger partial charge >= 0.3 is 7.82 Å². The van der Waals surface area contributed by atoms with Gasteiger partial charge in [-0.05, 0) is 13.8 Å². The fraction of sp³-hybridized carbons (Fsp3) is 1.00. The van der Waals surface area contributed by atoms with Gasteiger partial charge in [-0.3, -0.25) is 9.05 Å². The molecule has 0 aliphatic heterocycles. The Morgan fingerprint density at radius 2 is 1.46 bits per heavy atom. The molecule has 0 radical (unpaired) electrons. The summed E-state index contributed by atoms with van der Waals surface area (Å²) >= 11 is 0. The molecule has 13 heavy (non-hydrogen) atoms. The second-order valence-electron chi connectivity index (χ2n) is 2.76. The van der Waals surface area contributed by atoms with Crippen LogP contribution in [-0.4, -0.2) is 40.5 Å². The molecule has 0 aliphatic rings. The first-order valence-electron chi connectivity index (χ1n) is 3.81. The molecule has 2 atom stereocenters. The van der Waals surface area contributed by atoms with Crippen LogP contribution in [0.5, 0.6) is 0 Å². The minimum atomic E-state index is -4.12. The van der Waals surface area contributed by atoms with Crippen LogP contribution in [0.1, 0.15) is 13.8 Å². The molecule has 0 aromatic rings. The van der Waals surface area contributed by atoms with Crippen molar-refractivity contribution in [3.05, 3.63) is 0 Å². The average molecular weight is 214 g/mol. The van der Waals surface area contributed by atoms with Crippen molar-refractivity contribution in [1.29, 1.82) is 0 Å². The third-order valence-electron chi connectivity index (χ3n) is 0.958. The van der Waals surface area contributed by atoms with Crippen LogP contribution in [0.4, 0.5) is 0 Å². The number of hydrogen-bond donors (Lipinski definition) is 3. The van der Waals surface area contributed by atoms with Crippen LogP contribution in [0.2, 0.25) is 0 Å². The van der Waals surface area contributed by atoms with Gasteiger partial charge in [0.15, 0.2) is 0 Å². The van der Waals surface area contributed by atoms with Gasteiger partial charge in [0.25, 0.3) is 0 Å². The average Bonchev–Trinajstić information content (AvgIpc) is 1.98. The minimum absolute atomic E-state index is 0.284. The standard InChI is InChI=1S/C6H15O6P/c1-5(7)3-11-13(9,10)12-4-6(2)8/h5-8H,3-4H2,1-2H3,(H,9,10). The van der Waals surface area contributed by atoms with Crippen LogP contribution in [0, 0.1) is 0 Å². The second-order valence-corrected chi connectivity index (χ2v) is 4.21. The van der Waals surface area contributed by atoms with Crippen molar-refractivity contribution in [2.75, 3.05) is 13.2 Å². The summed E-state index contributed by atoms with van der Waals surface area (Å²) in [5.41, 5.74) is 0. The molecule has 3 N–H and O–H groups in total. The summed E-state index contributed by atoms with van der Waals surface area (Å²) < 4.78 is 19.6. The van der Waals surface area contributed by atoms with Gasteiger partial charge in [0.2, 0.25) is 0 Å². The van der Waals surface area contributed by atoms with Crippen molar-refractivity contribution in [2.45, 2.75) is 26.1 Å². The molecule has 2 unspecified atom stereocenters. The maximum absolute atomic E-state index is 10.9. The van der Waals surface area contributed by atoms with E-state index in [1.54, 1.807) is 0 Å². The van der Waals surface area contributed by atoms with Crippen LogP contribution in [-0.2, 0) is 13.6 Å². The zero-order chi connectivity index (χ0) is 10.5. The Balaban J connectivity index is 3.74. The van der Waals surface area contributed by atoms with Crippen molar-refractivity contribution < 1.29 is 28.7 Å². The minimum Gasteiger partial charge on any atom is -0.391 e. The van der Waals surface area contributed by atoms with E-state index < -0.39 is 20.0 Å². The Hall–Kier alpha value is 0.0300. The molecule has 7 heteroatoms. The summed E-state index contributed by atoms with van der Waals surface area (Å²) in [7, 11) is -4.12. The quantitative estimate of drug-likeness (QED) is 0.533. The van der Waals surface area contributed by atoms with Crippen LogP contribution < -0.4 is 0 Å². The predicted molar refractivity (Wildman–Crippen MR) is 45.1 cm³/mol. The van der Waals surface area contributed by atoms with E-state index in [1.807, 2.05) is 0 Å². The van der Waals surface area contributed by atoms with Crippen LogP contribution in [0.25, 0.3) is 0 Å². The Labute approximate surface area is 76.7 Å². The van der Waals surface area contributed by atoms with E-state index in [0.717, 1.165) is 0 Å². The van der Waals surface area contributed by atoms with E-state index in [-0.39, 0.29) is 13.2 Å². The van der Waals surface area contributed by atoms with Crippen molar-refractivity contribution in [2.24, 2.45) is 0 Å². The third kappa shape index (κ3) is 8.36. The molecule has 0 spiro atoms. The highest BCUT2D eigenvalue weighted by Gasteiger charge is 2.22. The van der Waals surface area contributed by atoms with Crippen molar-refractivity contribution in [1.82, 2.24) is 0 Å². The number of phosphoric acid groups is 1. The Morgan fingerprint density at radius 3 is 1.69 bits per heavy atom. The SMILES string of the molecule is CC(O)COP(=O)(O)OCC(C)O. The maximum Gasteiger partial charge on any atom is 0.472 e. The number of aliphatic hydroxyl groups excluding tert-OH is 2. The number of aliphatic hydroxyl groups is 2. The van der Waals surface area contributed by atoms with Gasteiger partial charge in [-0.2, -0.15) is 0 Å². The fourth-order valence-corrected chi connectivity index (χ4v) is 1.32. The molecule has 0 rings (SSSR count). The van der Waals surface area contributed by atoms with Gasteiger partial charge < -0.3 is 15.1 Å². The first-order chi connectivity index (χ1) is 5.83. The summed E-state index contributed by atoms with van der Waals surface area (Å²) in [6.07, 6.45) is -1.67. The van der Waals surface area contributed by atoms with Crippen molar-refractivity contribution >= 4 is 7.82 Å². The molecule has 0 fully saturated rings. The summed E-state index contributed by atoms with van der Waals surface area (Å²) in [5, 5.41) is 17.5. The lowest BCUT2D eigenvalue weighted by atomic mass is 10.5. The monoisotopic (exact) mass is 214 g/mol. The highest BCUT2D eigenvalue weighted by molar-refractivity contribution is 7.47. The molecule has 0 bridgehead atoms. The first kappa shape index (κ1) is 13.0. The number of rotatable bonds is 6. The molecule has 0 aliphatic carbocycles.